The fourth-order valence-electron chi connectivity index (χ4n) is 2.08. The highest BCUT2D eigenvalue weighted by Crippen LogP contribution is 2.25. The van der Waals surface area contributed by atoms with E-state index in [0.717, 1.165) is 0 Å². The Balaban J connectivity index is 1.94. The molecule has 2 atom stereocenters. The summed E-state index contributed by atoms with van der Waals surface area (Å²) in [6, 6.07) is 3.48. The van der Waals surface area contributed by atoms with Gasteiger partial charge in [-0.15, -0.1) is 0 Å². The molecule has 1 heterocycles. The van der Waals surface area contributed by atoms with Crippen LogP contribution in [-0.4, -0.2) is 11.9 Å². The van der Waals surface area contributed by atoms with Crippen LogP contribution in [0, 0.1) is 11.8 Å². The Bertz CT molecular complexity index is 450. The zero-order valence-electron chi connectivity index (χ0n) is 9.80. The second-order valence-electron chi connectivity index (χ2n) is 4.27. The number of carboxylic acid groups (broad SMARTS) is 1. The number of rotatable bonds is 4. The molecule has 1 aromatic rings. The molecule has 1 aliphatic rings. The fraction of sp³-hybridized carbons (Fsp3) is 0.385. The number of amides is 1. The molecule has 0 aromatic carbocycles. The lowest BCUT2D eigenvalue weighted by Crippen LogP contribution is -2.43. The van der Waals surface area contributed by atoms with Gasteiger partial charge >= 0.3 is 0 Å². The number of aliphatic carboxylic acids is 1. The topological polar surface area (TPSA) is 82.4 Å². The van der Waals surface area contributed by atoms with Crippen LogP contribution in [0.5, 0.6) is 0 Å². The summed E-state index contributed by atoms with van der Waals surface area (Å²) in [6.07, 6.45) is 5.91. The Hall–Kier alpha value is -2.04. The van der Waals surface area contributed by atoms with Gasteiger partial charge in [-0.2, -0.15) is 0 Å². The van der Waals surface area contributed by atoms with Crippen LogP contribution in [0.3, 0.4) is 0 Å². The van der Waals surface area contributed by atoms with E-state index in [9.17, 15) is 14.7 Å². The Morgan fingerprint density at radius 3 is 2.67 bits per heavy atom. The van der Waals surface area contributed by atoms with E-state index in [2.05, 4.69) is 5.32 Å². The zero-order valence-corrected chi connectivity index (χ0v) is 9.80. The van der Waals surface area contributed by atoms with E-state index < -0.39 is 17.8 Å². The summed E-state index contributed by atoms with van der Waals surface area (Å²) >= 11 is 0. The SMILES string of the molecule is O=C([O-])[C@H]1CC=CC[C@H]1C(=O)NCc1ccco1. The molecule has 1 aliphatic carbocycles. The molecule has 0 aliphatic heterocycles. The van der Waals surface area contributed by atoms with Crippen LogP contribution in [0.2, 0.25) is 0 Å². The maximum atomic E-state index is 11.9. The smallest absolute Gasteiger partial charge is 0.224 e. The van der Waals surface area contributed by atoms with Gasteiger partial charge in [0.25, 0.3) is 0 Å². The third kappa shape index (κ3) is 2.80. The number of hydrogen-bond donors (Lipinski definition) is 1. The number of carbonyl (C=O) groups excluding carboxylic acids is 2. The van der Waals surface area contributed by atoms with Gasteiger partial charge in [0.15, 0.2) is 0 Å². The van der Waals surface area contributed by atoms with Gasteiger partial charge in [-0.1, -0.05) is 12.2 Å². The van der Waals surface area contributed by atoms with Crippen molar-refractivity contribution in [2.45, 2.75) is 19.4 Å². The number of carbonyl (C=O) groups is 2. The number of allylic oxidation sites excluding steroid dienone is 2. The summed E-state index contributed by atoms with van der Waals surface area (Å²) in [5.74, 6) is -2.11. The molecule has 1 N–H and O–H groups in total. The average Bonchev–Trinajstić information content (AvgIpc) is 2.89. The minimum atomic E-state index is -1.17. The summed E-state index contributed by atoms with van der Waals surface area (Å²) in [4.78, 5) is 22.9. The van der Waals surface area contributed by atoms with Crippen molar-refractivity contribution >= 4 is 11.9 Å². The van der Waals surface area contributed by atoms with E-state index in [1.165, 1.54) is 6.26 Å². The van der Waals surface area contributed by atoms with Gasteiger partial charge in [-0.05, 0) is 25.0 Å². The van der Waals surface area contributed by atoms with Crippen molar-refractivity contribution in [2.75, 3.05) is 0 Å². The van der Waals surface area contributed by atoms with Crippen LogP contribution in [-0.2, 0) is 16.1 Å². The van der Waals surface area contributed by atoms with Gasteiger partial charge in [-0.25, -0.2) is 0 Å². The van der Waals surface area contributed by atoms with Gasteiger partial charge < -0.3 is 19.6 Å². The first-order chi connectivity index (χ1) is 8.68. The van der Waals surface area contributed by atoms with Crippen LogP contribution >= 0.6 is 0 Å². The minimum Gasteiger partial charge on any atom is -0.550 e. The highest BCUT2D eigenvalue weighted by Gasteiger charge is 2.29. The molecular weight excluding hydrogens is 234 g/mol. The Labute approximate surface area is 104 Å². The van der Waals surface area contributed by atoms with Crippen molar-refractivity contribution in [1.82, 2.24) is 5.32 Å². The van der Waals surface area contributed by atoms with Gasteiger partial charge in [0.05, 0.1) is 12.8 Å². The van der Waals surface area contributed by atoms with E-state index in [1.807, 2.05) is 6.08 Å². The Morgan fingerprint density at radius 1 is 1.33 bits per heavy atom. The molecule has 1 aromatic heterocycles. The highest BCUT2D eigenvalue weighted by molar-refractivity contribution is 5.84. The van der Waals surface area contributed by atoms with Crippen LogP contribution < -0.4 is 10.4 Å². The largest absolute Gasteiger partial charge is 0.550 e. The third-order valence-electron chi connectivity index (χ3n) is 3.09. The van der Waals surface area contributed by atoms with Gasteiger partial charge in [-0.3, -0.25) is 4.79 Å². The van der Waals surface area contributed by atoms with Crippen molar-refractivity contribution in [1.29, 1.82) is 0 Å². The summed E-state index contributed by atoms with van der Waals surface area (Å²) < 4.78 is 5.09. The van der Waals surface area contributed by atoms with Crippen molar-refractivity contribution in [2.24, 2.45) is 11.8 Å². The predicted molar refractivity (Wildman–Crippen MR) is 60.9 cm³/mol. The molecule has 5 heteroatoms. The third-order valence-corrected chi connectivity index (χ3v) is 3.09. The van der Waals surface area contributed by atoms with Crippen molar-refractivity contribution in [3.05, 3.63) is 36.3 Å². The van der Waals surface area contributed by atoms with E-state index in [4.69, 9.17) is 4.42 Å². The van der Waals surface area contributed by atoms with Crippen LogP contribution in [0.15, 0.2) is 35.0 Å². The van der Waals surface area contributed by atoms with E-state index in [-0.39, 0.29) is 12.5 Å². The molecule has 96 valence electrons. The average molecular weight is 248 g/mol. The molecule has 2 rings (SSSR count). The first kappa shape index (κ1) is 12.4. The molecule has 0 fully saturated rings. The standard InChI is InChI=1S/C13H15NO4/c15-12(14-8-9-4-3-7-18-9)10-5-1-2-6-11(10)13(16)17/h1-4,7,10-11H,5-6,8H2,(H,14,15)(H,16,17)/p-1/t10-,11+/m1/s1. The molecule has 0 unspecified atom stereocenters. The Morgan fingerprint density at radius 2 is 2.06 bits per heavy atom. The monoisotopic (exact) mass is 248 g/mol. The molecule has 0 saturated carbocycles. The quantitative estimate of drug-likeness (QED) is 0.773. The lowest BCUT2D eigenvalue weighted by atomic mass is 9.82. The molecule has 0 bridgehead atoms. The molecule has 18 heavy (non-hydrogen) atoms. The summed E-state index contributed by atoms with van der Waals surface area (Å²) in [7, 11) is 0. The number of nitrogens with one attached hydrogen (secondary N) is 1. The molecule has 0 saturated heterocycles. The molecular formula is C13H14NO4-. The maximum Gasteiger partial charge on any atom is 0.224 e. The summed E-state index contributed by atoms with van der Waals surface area (Å²) in [5, 5.41) is 13.6. The summed E-state index contributed by atoms with van der Waals surface area (Å²) in [6.45, 7) is 0.270. The highest BCUT2D eigenvalue weighted by atomic mass is 16.4. The zero-order chi connectivity index (χ0) is 13.0. The molecule has 0 spiro atoms. The van der Waals surface area contributed by atoms with Crippen LogP contribution in [0.4, 0.5) is 0 Å². The van der Waals surface area contributed by atoms with Crippen molar-refractivity contribution in [3.8, 4) is 0 Å². The van der Waals surface area contributed by atoms with Gasteiger partial charge in [0, 0.05) is 17.8 Å². The second kappa shape index (κ2) is 5.53. The first-order valence-corrected chi connectivity index (χ1v) is 5.84. The van der Waals surface area contributed by atoms with E-state index >= 15 is 0 Å². The van der Waals surface area contributed by atoms with Crippen molar-refractivity contribution in [3.63, 3.8) is 0 Å². The second-order valence-corrected chi connectivity index (χ2v) is 4.27. The lowest BCUT2D eigenvalue weighted by molar-refractivity contribution is -0.313. The lowest BCUT2D eigenvalue weighted by Gasteiger charge is -2.28. The van der Waals surface area contributed by atoms with E-state index in [0.29, 0.717) is 18.6 Å². The molecule has 5 nitrogen and oxygen atoms in total. The van der Waals surface area contributed by atoms with Gasteiger partial charge in [0.2, 0.25) is 5.91 Å². The number of furan rings is 1. The normalized spacial score (nSPS) is 22.7. The minimum absolute atomic E-state index is 0.270. The van der Waals surface area contributed by atoms with Crippen LogP contribution in [0.1, 0.15) is 18.6 Å². The fourth-order valence-corrected chi connectivity index (χ4v) is 2.08. The van der Waals surface area contributed by atoms with E-state index in [1.54, 1.807) is 18.2 Å². The first-order valence-electron chi connectivity index (χ1n) is 5.84. The molecule has 0 radical (unpaired) electrons. The summed E-state index contributed by atoms with van der Waals surface area (Å²) in [5.41, 5.74) is 0. The number of hydrogen-bond acceptors (Lipinski definition) is 4. The van der Waals surface area contributed by atoms with Crippen LogP contribution in [0.25, 0.3) is 0 Å². The maximum absolute atomic E-state index is 11.9. The Kier molecular flexibility index (Phi) is 3.82. The number of carboxylic acids is 1. The predicted octanol–water partition coefficient (Wildman–Crippen LogP) is 0.228. The van der Waals surface area contributed by atoms with Gasteiger partial charge in [0.1, 0.15) is 5.76 Å². The molecule has 1 amide bonds. The van der Waals surface area contributed by atoms with Crippen molar-refractivity contribution < 1.29 is 19.1 Å².